The summed E-state index contributed by atoms with van der Waals surface area (Å²) in [4.78, 5) is 30.2. The molecule has 0 radical (unpaired) electrons. The fourth-order valence-electron chi connectivity index (χ4n) is 1.81. The van der Waals surface area contributed by atoms with Gasteiger partial charge in [-0.2, -0.15) is 0 Å². The summed E-state index contributed by atoms with van der Waals surface area (Å²) in [6.45, 7) is 0. The summed E-state index contributed by atoms with van der Waals surface area (Å²) in [6, 6.07) is 7.10. The predicted octanol–water partition coefficient (Wildman–Crippen LogP) is 2.56. The molecule has 9 heteroatoms. The molecule has 22 heavy (non-hydrogen) atoms. The lowest BCUT2D eigenvalue weighted by molar-refractivity contribution is -0.384. The Morgan fingerprint density at radius 2 is 2.18 bits per heavy atom. The van der Waals surface area contributed by atoms with Crippen LogP contribution in [0, 0.1) is 10.1 Å². The van der Waals surface area contributed by atoms with Crippen molar-refractivity contribution in [1.82, 2.24) is 9.97 Å². The van der Waals surface area contributed by atoms with E-state index in [1.807, 2.05) is 0 Å². The molecule has 0 unspecified atom stereocenters. The van der Waals surface area contributed by atoms with Gasteiger partial charge in [0.05, 0.1) is 15.1 Å². The van der Waals surface area contributed by atoms with Crippen LogP contribution >= 0.6 is 11.3 Å². The van der Waals surface area contributed by atoms with E-state index in [0.717, 1.165) is 11.3 Å². The number of non-ortho nitro benzene ring substituents is 1. The molecule has 3 aromatic rings. The Balaban J connectivity index is 1.89. The molecule has 0 aliphatic rings. The Morgan fingerprint density at radius 3 is 2.91 bits per heavy atom. The van der Waals surface area contributed by atoms with Crippen LogP contribution in [0.25, 0.3) is 10.2 Å². The van der Waals surface area contributed by atoms with Gasteiger partial charge >= 0.3 is 0 Å². The molecule has 0 saturated carbocycles. The van der Waals surface area contributed by atoms with E-state index in [4.69, 9.17) is 0 Å². The second-order valence-corrected chi connectivity index (χ2v) is 5.28. The van der Waals surface area contributed by atoms with Crippen molar-refractivity contribution in [3.8, 4) is 5.75 Å². The normalized spacial score (nSPS) is 10.5. The molecule has 0 saturated heterocycles. The Hall–Kier alpha value is -3.07. The Morgan fingerprint density at radius 1 is 1.36 bits per heavy atom. The summed E-state index contributed by atoms with van der Waals surface area (Å²) >= 11 is 1.10. The maximum atomic E-state index is 12.0. The van der Waals surface area contributed by atoms with Gasteiger partial charge in [0.15, 0.2) is 10.8 Å². The van der Waals surface area contributed by atoms with Crippen LogP contribution < -0.4 is 5.32 Å². The van der Waals surface area contributed by atoms with Crippen molar-refractivity contribution in [1.29, 1.82) is 0 Å². The van der Waals surface area contributed by atoms with E-state index < -0.39 is 10.8 Å². The average Bonchev–Trinajstić information content (AvgIpc) is 2.88. The first-order chi connectivity index (χ1) is 10.5. The lowest BCUT2D eigenvalue weighted by Crippen LogP contribution is -2.13. The number of benzene rings is 1. The van der Waals surface area contributed by atoms with Crippen molar-refractivity contribution in [3.63, 3.8) is 0 Å². The second kappa shape index (κ2) is 5.37. The van der Waals surface area contributed by atoms with Crippen LogP contribution in [0.4, 0.5) is 10.8 Å². The third-order valence-corrected chi connectivity index (χ3v) is 3.74. The van der Waals surface area contributed by atoms with Gasteiger partial charge in [0.25, 0.3) is 11.6 Å². The molecular weight excluding hydrogens is 308 g/mol. The van der Waals surface area contributed by atoms with Gasteiger partial charge in [0, 0.05) is 18.3 Å². The zero-order valence-electron chi connectivity index (χ0n) is 10.9. The van der Waals surface area contributed by atoms with E-state index in [1.54, 1.807) is 0 Å². The van der Waals surface area contributed by atoms with Gasteiger partial charge in [-0.3, -0.25) is 20.2 Å². The van der Waals surface area contributed by atoms with E-state index in [1.165, 1.54) is 36.5 Å². The maximum Gasteiger partial charge on any atom is 0.279 e. The summed E-state index contributed by atoms with van der Waals surface area (Å²) < 4.78 is 0.578. The zero-order valence-corrected chi connectivity index (χ0v) is 11.7. The number of amides is 1. The molecule has 8 nitrogen and oxygen atoms in total. The van der Waals surface area contributed by atoms with E-state index >= 15 is 0 Å². The Kier molecular flexibility index (Phi) is 3.39. The van der Waals surface area contributed by atoms with Crippen LogP contribution in [-0.2, 0) is 0 Å². The molecule has 2 N–H and O–H groups in total. The largest absolute Gasteiger partial charge is 0.505 e. The van der Waals surface area contributed by atoms with Gasteiger partial charge in [-0.15, -0.1) is 0 Å². The highest BCUT2D eigenvalue weighted by Crippen LogP contribution is 2.29. The Labute approximate surface area is 127 Å². The molecule has 2 heterocycles. The van der Waals surface area contributed by atoms with Gasteiger partial charge in [-0.25, -0.2) is 9.97 Å². The van der Waals surface area contributed by atoms with Gasteiger partial charge < -0.3 is 5.11 Å². The molecule has 0 aliphatic carbocycles. The van der Waals surface area contributed by atoms with Crippen LogP contribution in [0.1, 0.15) is 10.5 Å². The number of nitrogens with one attached hydrogen (secondary N) is 1. The predicted molar refractivity (Wildman–Crippen MR) is 80.1 cm³/mol. The molecule has 1 aromatic carbocycles. The molecular formula is C13H8N4O4S. The number of hydrogen-bond acceptors (Lipinski definition) is 7. The lowest BCUT2D eigenvalue weighted by atomic mass is 10.3. The molecule has 2 aromatic heterocycles. The van der Waals surface area contributed by atoms with Crippen molar-refractivity contribution in [3.05, 3.63) is 52.3 Å². The number of aromatic nitrogens is 2. The number of nitro groups is 1. The highest BCUT2D eigenvalue weighted by molar-refractivity contribution is 7.22. The summed E-state index contributed by atoms with van der Waals surface area (Å²) in [5, 5.41) is 23.1. The Bertz CT molecular complexity index is 893. The molecule has 0 atom stereocenters. The number of pyridine rings is 1. The molecule has 3 rings (SSSR count). The lowest BCUT2D eigenvalue weighted by Gasteiger charge is -2.01. The summed E-state index contributed by atoms with van der Waals surface area (Å²) in [7, 11) is 0. The first-order valence-corrected chi connectivity index (χ1v) is 6.86. The topological polar surface area (TPSA) is 118 Å². The number of anilines is 1. The van der Waals surface area contributed by atoms with E-state index in [9.17, 15) is 20.0 Å². The summed E-state index contributed by atoms with van der Waals surface area (Å²) in [6.07, 6.45) is 1.39. The van der Waals surface area contributed by atoms with Crippen LogP contribution in [0.2, 0.25) is 0 Å². The SMILES string of the molecule is O=C(Nc1nc2ccc([N+](=O)[O-])cc2s1)c1ncccc1O. The molecule has 0 spiro atoms. The highest BCUT2D eigenvalue weighted by Gasteiger charge is 2.15. The number of hydrogen-bond donors (Lipinski definition) is 2. The first kappa shape index (κ1) is 13.9. The van der Waals surface area contributed by atoms with Crippen molar-refractivity contribution in [2.75, 3.05) is 5.32 Å². The molecule has 0 bridgehead atoms. The third-order valence-electron chi connectivity index (χ3n) is 2.80. The maximum absolute atomic E-state index is 12.0. The van der Waals surface area contributed by atoms with Crippen molar-refractivity contribution >= 4 is 38.3 Å². The van der Waals surface area contributed by atoms with Gasteiger partial charge in [-0.1, -0.05) is 11.3 Å². The highest BCUT2D eigenvalue weighted by atomic mass is 32.1. The standard InChI is InChI=1S/C13H8N4O4S/c18-9-2-1-5-14-11(9)12(19)16-13-15-8-4-3-7(17(20)21)6-10(8)22-13/h1-6,18H,(H,15,16,19). The molecule has 1 amide bonds. The fraction of sp³-hybridized carbons (Fsp3) is 0. The quantitative estimate of drug-likeness (QED) is 0.566. The summed E-state index contributed by atoms with van der Waals surface area (Å²) in [5.41, 5.74) is 0.375. The number of carbonyl (C=O) groups is 1. The molecule has 0 fully saturated rings. The minimum atomic E-state index is -0.605. The summed E-state index contributed by atoms with van der Waals surface area (Å²) in [5.74, 6) is -0.844. The number of aromatic hydroxyl groups is 1. The van der Waals surface area contributed by atoms with Crippen molar-refractivity contribution < 1.29 is 14.8 Å². The molecule has 110 valence electrons. The minimum absolute atomic E-state index is 0.0450. The zero-order chi connectivity index (χ0) is 15.7. The van der Waals surface area contributed by atoms with Crippen molar-refractivity contribution in [2.45, 2.75) is 0 Å². The number of nitrogens with zero attached hydrogens (tertiary/aromatic N) is 3. The van der Waals surface area contributed by atoms with Crippen LogP contribution in [0.3, 0.4) is 0 Å². The van der Waals surface area contributed by atoms with Gasteiger partial charge in [0.1, 0.15) is 5.75 Å². The first-order valence-electron chi connectivity index (χ1n) is 6.05. The van der Waals surface area contributed by atoms with E-state index in [2.05, 4.69) is 15.3 Å². The second-order valence-electron chi connectivity index (χ2n) is 4.25. The van der Waals surface area contributed by atoms with Crippen molar-refractivity contribution in [2.24, 2.45) is 0 Å². The van der Waals surface area contributed by atoms with Crippen LogP contribution in [-0.4, -0.2) is 25.9 Å². The van der Waals surface area contributed by atoms with E-state index in [0.29, 0.717) is 10.2 Å². The number of rotatable bonds is 3. The average molecular weight is 316 g/mol. The van der Waals surface area contributed by atoms with Crippen LogP contribution in [0.15, 0.2) is 36.5 Å². The number of carbonyl (C=O) groups excluding carboxylic acids is 1. The fourth-order valence-corrected chi connectivity index (χ4v) is 2.70. The minimum Gasteiger partial charge on any atom is -0.505 e. The smallest absolute Gasteiger partial charge is 0.279 e. The molecule has 0 aliphatic heterocycles. The number of thiazole rings is 1. The van der Waals surface area contributed by atoms with Gasteiger partial charge in [-0.05, 0) is 18.2 Å². The van der Waals surface area contributed by atoms with Gasteiger partial charge in [0.2, 0.25) is 0 Å². The number of fused-ring (bicyclic) bond motifs is 1. The third kappa shape index (κ3) is 2.56. The van der Waals surface area contributed by atoms with E-state index in [-0.39, 0.29) is 22.3 Å². The number of nitro benzene ring substituents is 1. The monoisotopic (exact) mass is 316 g/mol. The van der Waals surface area contributed by atoms with Crippen LogP contribution in [0.5, 0.6) is 5.75 Å².